The van der Waals surface area contributed by atoms with E-state index in [-0.39, 0.29) is 12.5 Å². The maximum atomic E-state index is 13.0. The lowest BCUT2D eigenvalue weighted by Gasteiger charge is -2.22. The number of hydrogen-bond acceptors (Lipinski definition) is 5. The number of furan rings is 1. The summed E-state index contributed by atoms with van der Waals surface area (Å²) in [4.78, 5) is 29.7. The summed E-state index contributed by atoms with van der Waals surface area (Å²) in [5.74, 6) is -0.137. The molecule has 30 heavy (non-hydrogen) atoms. The second kappa shape index (κ2) is 8.78. The fraction of sp³-hybridized carbons (Fsp3) is 0.208. The first-order valence-electron chi connectivity index (χ1n) is 9.88. The highest BCUT2D eigenvalue weighted by Crippen LogP contribution is 2.36. The number of nitrogens with zero attached hydrogens (tertiary/aromatic N) is 1. The SMILES string of the molecule is C=CCNC(=O)COC(=O)c1c2c(nc3ccccc13)C(=Cc1ccco1)CCC2. The van der Waals surface area contributed by atoms with Gasteiger partial charge < -0.3 is 14.5 Å². The number of amides is 1. The van der Waals surface area contributed by atoms with E-state index >= 15 is 0 Å². The highest BCUT2D eigenvalue weighted by molar-refractivity contribution is 6.07. The van der Waals surface area contributed by atoms with E-state index in [0.717, 1.165) is 47.2 Å². The van der Waals surface area contributed by atoms with Crippen LogP contribution in [0.25, 0.3) is 22.6 Å². The van der Waals surface area contributed by atoms with Gasteiger partial charge in [-0.15, -0.1) is 6.58 Å². The van der Waals surface area contributed by atoms with Crippen LogP contribution in [0.4, 0.5) is 0 Å². The van der Waals surface area contributed by atoms with Crippen LogP contribution < -0.4 is 5.32 Å². The van der Waals surface area contributed by atoms with Gasteiger partial charge in [0.1, 0.15) is 5.76 Å². The number of carbonyl (C=O) groups is 2. The first-order valence-corrected chi connectivity index (χ1v) is 9.88. The van der Waals surface area contributed by atoms with Crippen molar-refractivity contribution < 1.29 is 18.7 Å². The minimum atomic E-state index is -0.516. The van der Waals surface area contributed by atoms with Crippen molar-refractivity contribution in [3.05, 3.63) is 77.9 Å². The fourth-order valence-electron chi connectivity index (χ4n) is 3.69. The molecule has 2 aromatic heterocycles. The molecule has 0 bridgehead atoms. The van der Waals surface area contributed by atoms with Crippen LogP contribution in [-0.2, 0) is 16.0 Å². The van der Waals surface area contributed by atoms with Crippen molar-refractivity contribution in [2.75, 3.05) is 13.2 Å². The monoisotopic (exact) mass is 402 g/mol. The van der Waals surface area contributed by atoms with Gasteiger partial charge in [0.15, 0.2) is 6.61 Å². The number of allylic oxidation sites excluding steroid dienone is 1. The molecule has 0 aliphatic heterocycles. The summed E-state index contributed by atoms with van der Waals surface area (Å²) < 4.78 is 10.8. The molecule has 4 rings (SSSR count). The zero-order valence-corrected chi connectivity index (χ0v) is 16.5. The van der Waals surface area contributed by atoms with E-state index in [4.69, 9.17) is 14.1 Å². The summed E-state index contributed by atoms with van der Waals surface area (Å²) in [5, 5.41) is 3.33. The van der Waals surface area contributed by atoms with Crippen LogP contribution in [0.2, 0.25) is 0 Å². The molecular formula is C24H22N2O4. The lowest BCUT2D eigenvalue weighted by molar-refractivity contribution is -0.124. The van der Waals surface area contributed by atoms with Crippen LogP contribution in [0.1, 0.15) is 40.2 Å². The summed E-state index contributed by atoms with van der Waals surface area (Å²) in [7, 11) is 0. The first-order chi connectivity index (χ1) is 14.7. The molecular weight excluding hydrogens is 380 g/mol. The van der Waals surface area contributed by atoms with Crippen LogP contribution in [0.15, 0.2) is 59.7 Å². The average Bonchev–Trinajstić information content (AvgIpc) is 3.28. The van der Waals surface area contributed by atoms with E-state index in [1.807, 2.05) is 42.5 Å². The maximum absolute atomic E-state index is 13.0. The predicted molar refractivity (Wildman–Crippen MR) is 115 cm³/mol. The number of fused-ring (bicyclic) bond motifs is 2. The molecule has 0 radical (unpaired) electrons. The summed E-state index contributed by atoms with van der Waals surface area (Å²) in [6, 6.07) is 11.2. The molecule has 1 aliphatic rings. The second-order valence-electron chi connectivity index (χ2n) is 7.04. The first kappa shape index (κ1) is 19.6. The number of carbonyl (C=O) groups excluding carboxylic acids is 2. The minimum Gasteiger partial charge on any atom is -0.465 e. The molecule has 0 atom stereocenters. The van der Waals surface area contributed by atoms with Gasteiger partial charge in [0.25, 0.3) is 5.91 Å². The van der Waals surface area contributed by atoms with Gasteiger partial charge >= 0.3 is 5.97 Å². The molecule has 6 heteroatoms. The van der Waals surface area contributed by atoms with Gasteiger partial charge in [-0.05, 0) is 54.7 Å². The van der Waals surface area contributed by atoms with Crippen molar-refractivity contribution in [1.82, 2.24) is 10.3 Å². The Labute approximate surface area is 174 Å². The van der Waals surface area contributed by atoms with Crippen LogP contribution in [0, 0.1) is 0 Å². The fourth-order valence-corrected chi connectivity index (χ4v) is 3.69. The topological polar surface area (TPSA) is 81.4 Å². The number of nitrogens with one attached hydrogen (secondary N) is 1. The molecule has 6 nitrogen and oxygen atoms in total. The molecule has 0 spiro atoms. The molecule has 1 aliphatic carbocycles. The van der Waals surface area contributed by atoms with Gasteiger partial charge in [-0.1, -0.05) is 24.3 Å². The smallest absolute Gasteiger partial charge is 0.339 e. The molecule has 1 N–H and O–H groups in total. The van der Waals surface area contributed by atoms with E-state index in [2.05, 4.69) is 11.9 Å². The van der Waals surface area contributed by atoms with E-state index < -0.39 is 5.97 Å². The molecule has 1 aromatic carbocycles. The van der Waals surface area contributed by atoms with Crippen molar-refractivity contribution in [2.24, 2.45) is 0 Å². The molecule has 0 saturated carbocycles. The number of aromatic nitrogens is 1. The Morgan fingerprint density at radius 2 is 2.07 bits per heavy atom. The quantitative estimate of drug-likeness (QED) is 0.494. The molecule has 0 unspecified atom stereocenters. The zero-order valence-electron chi connectivity index (χ0n) is 16.5. The minimum absolute atomic E-state index is 0.324. The molecule has 3 aromatic rings. The average molecular weight is 402 g/mol. The second-order valence-corrected chi connectivity index (χ2v) is 7.04. The third-order valence-electron chi connectivity index (χ3n) is 5.01. The highest BCUT2D eigenvalue weighted by Gasteiger charge is 2.26. The van der Waals surface area contributed by atoms with Crippen LogP contribution in [0.3, 0.4) is 0 Å². The normalized spacial score (nSPS) is 14.3. The number of para-hydroxylation sites is 1. The number of hydrogen-bond donors (Lipinski definition) is 1. The molecule has 1 amide bonds. The summed E-state index contributed by atoms with van der Waals surface area (Å²) >= 11 is 0. The van der Waals surface area contributed by atoms with Gasteiger partial charge in [-0.3, -0.25) is 4.79 Å². The van der Waals surface area contributed by atoms with Crippen LogP contribution in [-0.4, -0.2) is 30.0 Å². The third-order valence-corrected chi connectivity index (χ3v) is 5.01. The summed E-state index contributed by atoms with van der Waals surface area (Å²) in [6.07, 6.45) is 7.62. The van der Waals surface area contributed by atoms with Crippen LogP contribution >= 0.6 is 0 Å². The Hall–Kier alpha value is -3.67. The van der Waals surface area contributed by atoms with Gasteiger partial charge in [0.2, 0.25) is 0 Å². The van der Waals surface area contributed by atoms with Crippen molar-refractivity contribution in [1.29, 1.82) is 0 Å². The Balaban J connectivity index is 1.74. The molecule has 0 saturated heterocycles. The van der Waals surface area contributed by atoms with E-state index in [1.165, 1.54) is 0 Å². The van der Waals surface area contributed by atoms with Gasteiger partial charge in [0.05, 0.1) is 23.0 Å². The van der Waals surface area contributed by atoms with E-state index in [0.29, 0.717) is 17.6 Å². The number of pyridine rings is 1. The molecule has 2 heterocycles. The number of esters is 1. The van der Waals surface area contributed by atoms with Crippen molar-refractivity contribution in [3.8, 4) is 0 Å². The van der Waals surface area contributed by atoms with Gasteiger partial charge in [0, 0.05) is 11.9 Å². The standard InChI is InChI=1S/C24H22N2O4/c1-2-12-25-21(27)15-30-24(28)22-18-9-3-4-11-20(18)26-23-16(7-5-10-19(22)23)14-17-8-6-13-29-17/h2-4,6,8-9,11,13-14H,1,5,7,10,12,15H2,(H,25,27). The van der Waals surface area contributed by atoms with Crippen molar-refractivity contribution in [2.45, 2.75) is 19.3 Å². The highest BCUT2D eigenvalue weighted by atomic mass is 16.5. The zero-order chi connectivity index (χ0) is 20.9. The maximum Gasteiger partial charge on any atom is 0.339 e. The molecule has 0 fully saturated rings. The van der Waals surface area contributed by atoms with Crippen molar-refractivity contribution >= 4 is 34.4 Å². The number of rotatable bonds is 6. The van der Waals surface area contributed by atoms with Crippen LogP contribution in [0.5, 0.6) is 0 Å². The van der Waals surface area contributed by atoms with Gasteiger partial charge in [-0.25, -0.2) is 9.78 Å². The third kappa shape index (κ3) is 4.03. The number of benzene rings is 1. The summed E-state index contributed by atoms with van der Waals surface area (Å²) in [6.45, 7) is 3.53. The lowest BCUT2D eigenvalue weighted by Crippen LogP contribution is -2.29. The van der Waals surface area contributed by atoms with E-state index in [1.54, 1.807) is 12.3 Å². The van der Waals surface area contributed by atoms with E-state index in [9.17, 15) is 9.59 Å². The molecule has 152 valence electrons. The summed E-state index contributed by atoms with van der Waals surface area (Å²) in [5.41, 5.74) is 3.87. The predicted octanol–water partition coefficient (Wildman–Crippen LogP) is 4.16. The Kier molecular flexibility index (Phi) is 5.75. The van der Waals surface area contributed by atoms with Gasteiger partial charge in [-0.2, -0.15) is 0 Å². The Bertz CT molecular complexity index is 1130. The number of ether oxygens (including phenoxy) is 1. The Morgan fingerprint density at radius 3 is 2.87 bits per heavy atom. The lowest BCUT2D eigenvalue weighted by atomic mass is 9.86. The van der Waals surface area contributed by atoms with Crippen molar-refractivity contribution in [3.63, 3.8) is 0 Å². The Morgan fingerprint density at radius 1 is 1.20 bits per heavy atom. The largest absolute Gasteiger partial charge is 0.465 e.